The summed E-state index contributed by atoms with van der Waals surface area (Å²) in [6, 6.07) is 8.94. The fraction of sp³-hybridized carbons (Fsp3) is 0.133. The molecule has 0 fully saturated rings. The molecule has 5 heteroatoms. The Kier molecular flexibility index (Phi) is 3.10. The summed E-state index contributed by atoms with van der Waals surface area (Å²) in [5.41, 5.74) is 2.82. The van der Waals surface area contributed by atoms with Gasteiger partial charge in [0.2, 0.25) is 0 Å². The third-order valence-corrected chi connectivity index (χ3v) is 2.91. The standard InChI is InChI=1S/C15H12F2N2O/c1-9-19-14-7-13(2-3-15(14)20-9)18-8-10-4-11(16)6-12(17)5-10/h2-7,18H,8H2,1H3. The zero-order valence-corrected chi connectivity index (χ0v) is 10.8. The molecule has 0 unspecified atom stereocenters. The van der Waals surface area contributed by atoms with Gasteiger partial charge in [0.15, 0.2) is 11.5 Å². The van der Waals surface area contributed by atoms with Crippen molar-refractivity contribution in [3.8, 4) is 0 Å². The smallest absolute Gasteiger partial charge is 0.192 e. The molecule has 20 heavy (non-hydrogen) atoms. The molecule has 0 saturated carbocycles. The van der Waals surface area contributed by atoms with E-state index in [-0.39, 0.29) is 0 Å². The molecule has 3 nitrogen and oxygen atoms in total. The second-order valence-electron chi connectivity index (χ2n) is 4.55. The Bertz CT molecular complexity index is 747. The molecule has 2 aromatic carbocycles. The zero-order chi connectivity index (χ0) is 14.1. The molecule has 102 valence electrons. The molecule has 0 aliphatic rings. The van der Waals surface area contributed by atoms with Gasteiger partial charge < -0.3 is 9.73 Å². The fourth-order valence-electron chi connectivity index (χ4n) is 2.07. The predicted octanol–water partition coefficient (Wildman–Crippen LogP) is 4.03. The number of hydrogen-bond donors (Lipinski definition) is 1. The number of aryl methyl sites for hydroxylation is 1. The van der Waals surface area contributed by atoms with Gasteiger partial charge in [-0.05, 0) is 35.9 Å². The Labute approximate surface area is 114 Å². The number of halogens is 2. The third kappa shape index (κ3) is 2.61. The van der Waals surface area contributed by atoms with Crippen LogP contribution in [0.2, 0.25) is 0 Å². The molecule has 1 aromatic heterocycles. The fourth-order valence-corrected chi connectivity index (χ4v) is 2.07. The maximum absolute atomic E-state index is 13.1. The number of nitrogens with one attached hydrogen (secondary N) is 1. The summed E-state index contributed by atoms with van der Waals surface area (Å²) in [7, 11) is 0. The van der Waals surface area contributed by atoms with Gasteiger partial charge in [-0.2, -0.15) is 0 Å². The number of nitrogens with zero attached hydrogens (tertiary/aromatic N) is 1. The van der Waals surface area contributed by atoms with Crippen molar-refractivity contribution in [2.75, 3.05) is 5.32 Å². The lowest BCUT2D eigenvalue weighted by Crippen LogP contribution is -2.00. The molecule has 0 atom stereocenters. The highest BCUT2D eigenvalue weighted by molar-refractivity contribution is 5.77. The Balaban J connectivity index is 1.79. The SMILES string of the molecule is Cc1nc2cc(NCc3cc(F)cc(F)c3)ccc2o1. The Morgan fingerprint density at radius 1 is 1.10 bits per heavy atom. The molecule has 3 rings (SSSR count). The minimum atomic E-state index is -0.579. The number of anilines is 1. The second-order valence-corrected chi connectivity index (χ2v) is 4.55. The summed E-state index contributed by atoms with van der Waals surface area (Å²) in [5.74, 6) is -0.557. The summed E-state index contributed by atoms with van der Waals surface area (Å²) in [6.45, 7) is 2.11. The molecular formula is C15H12F2N2O. The van der Waals surface area contributed by atoms with Crippen LogP contribution in [0.15, 0.2) is 40.8 Å². The van der Waals surface area contributed by atoms with Crippen molar-refractivity contribution in [2.24, 2.45) is 0 Å². The van der Waals surface area contributed by atoms with Crippen LogP contribution >= 0.6 is 0 Å². The van der Waals surface area contributed by atoms with Crippen molar-refractivity contribution >= 4 is 16.8 Å². The Morgan fingerprint density at radius 3 is 2.60 bits per heavy atom. The van der Waals surface area contributed by atoms with Crippen molar-refractivity contribution < 1.29 is 13.2 Å². The Morgan fingerprint density at radius 2 is 1.85 bits per heavy atom. The molecule has 3 aromatic rings. The number of benzene rings is 2. The number of oxazole rings is 1. The van der Waals surface area contributed by atoms with E-state index in [9.17, 15) is 8.78 Å². The quantitative estimate of drug-likeness (QED) is 0.783. The van der Waals surface area contributed by atoms with Crippen LogP contribution in [-0.4, -0.2) is 4.98 Å². The molecular weight excluding hydrogens is 262 g/mol. The van der Waals surface area contributed by atoms with Crippen molar-refractivity contribution in [2.45, 2.75) is 13.5 Å². The highest BCUT2D eigenvalue weighted by Crippen LogP contribution is 2.20. The topological polar surface area (TPSA) is 38.1 Å². The van der Waals surface area contributed by atoms with Crippen LogP contribution in [0.1, 0.15) is 11.5 Å². The van der Waals surface area contributed by atoms with Crippen molar-refractivity contribution in [1.29, 1.82) is 0 Å². The highest BCUT2D eigenvalue weighted by atomic mass is 19.1. The van der Waals surface area contributed by atoms with Gasteiger partial charge in [-0.25, -0.2) is 13.8 Å². The largest absolute Gasteiger partial charge is 0.441 e. The van der Waals surface area contributed by atoms with Crippen LogP contribution in [0.4, 0.5) is 14.5 Å². The molecule has 0 radical (unpaired) electrons. The van der Waals surface area contributed by atoms with Crippen LogP contribution in [0.3, 0.4) is 0 Å². The van der Waals surface area contributed by atoms with Gasteiger partial charge in [-0.1, -0.05) is 0 Å². The molecule has 0 bridgehead atoms. The second kappa shape index (κ2) is 4.92. The average Bonchev–Trinajstić information content (AvgIpc) is 2.74. The first-order chi connectivity index (χ1) is 9.60. The lowest BCUT2D eigenvalue weighted by atomic mass is 10.2. The molecule has 0 saturated heterocycles. The van der Waals surface area contributed by atoms with Crippen molar-refractivity contribution in [1.82, 2.24) is 4.98 Å². The summed E-state index contributed by atoms with van der Waals surface area (Å²) in [5, 5.41) is 3.10. The van der Waals surface area contributed by atoms with E-state index in [1.807, 2.05) is 18.2 Å². The summed E-state index contributed by atoms with van der Waals surface area (Å²) >= 11 is 0. The van der Waals surface area contributed by atoms with Gasteiger partial charge in [0.1, 0.15) is 17.2 Å². The molecule has 0 aliphatic heterocycles. The predicted molar refractivity (Wildman–Crippen MR) is 72.4 cm³/mol. The average molecular weight is 274 g/mol. The number of aromatic nitrogens is 1. The van der Waals surface area contributed by atoms with E-state index >= 15 is 0 Å². The number of hydrogen-bond acceptors (Lipinski definition) is 3. The first-order valence-electron chi connectivity index (χ1n) is 6.16. The zero-order valence-electron chi connectivity index (χ0n) is 10.8. The molecule has 0 amide bonds. The van der Waals surface area contributed by atoms with E-state index in [0.717, 1.165) is 17.3 Å². The normalized spacial score (nSPS) is 10.9. The van der Waals surface area contributed by atoms with Gasteiger partial charge in [0.05, 0.1) is 0 Å². The van der Waals surface area contributed by atoms with Gasteiger partial charge in [-0.15, -0.1) is 0 Å². The van der Waals surface area contributed by atoms with Crippen LogP contribution < -0.4 is 5.32 Å². The monoisotopic (exact) mass is 274 g/mol. The lowest BCUT2D eigenvalue weighted by molar-refractivity contribution is 0.561. The van der Waals surface area contributed by atoms with Crippen LogP contribution in [0.25, 0.3) is 11.1 Å². The molecule has 1 heterocycles. The van der Waals surface area contributed by atoms with Crippen molar-refractivity contribution in [3.05, 3.63) is 59.5 Å². The Hall–Kier alpha value is -2.43. The van der Waals surface area contributed by atoms with E-state index in [1.165, 1.54) is 12.1 Å². The first-order valence-corrected chi connectivity index (χ1v) is 6.16. The maximum Gasteiger partial charge on any atom is 0.192 e. The van der Waals surface area contributed by atoms with Gasteiger partial charge >= 0.3 is 0 Å². The third-order valence-electron chi connectivity index (χ3n) is 2.91. The summed E-state index contributed by atoms with van der Waals surface area (Å²) in [4.78, 5) is 4.23. The van der Waals surface area contributed by atoms with E-state index in [2.05, 4.69) is 10.3 Å². The van der Waals surface area contributed by atoms with Gasteiger partial charge in [-0.3, -0.25) is 0 Å². The van der Waals surface area contributed by atoms with Crippen molar-refractivity contribution in [3.63, 3.8) is 0 Å². The molecule has 0 aliphatic carbocycles. The molecule has 0 spiro atoms. The molecule has 1 N–H and O–H groups in total. The van der Waals surface area contributed by atoms with Crippen LogP contribution in [0.5, 0.6) is 0 Å². The number of fused-ring (bicyclic) bond motifs is 1. The van der Waals surface area contributed by atoms with E-state index < -0.39 is 11.6 Å². The summed E-state index contributed by atoms with van der Waals surface area (Å²) < 4.78 is 31.5. The highest BCUT2D eigenvalue weighted by Gasteiger charge is 2.04. The minimum Gasteiger partial charge on any atom is -0.441 e. The van der Waals surface area contributed by atoms with Gasteiger partial charge in [0, 0.05) is 25.2 Å². The minimum absolute atomic E-state index is 0.330. The van der Waals surface area contributed by atoms with E-state index in [4.69, 9.17) is 4.42 Å². The maximum atomic E-state index is 13.1. The number of rotatable bonds is 3. The first kappa shape index (κ1) is 12.6. The lowest BCUT2D eigenvalue weighted by Gasteiger charge is -2.06. The van der Waals surface area contributed by atoms with Crippen LogP contribution in [-0.2, 0) is 6.54 Å². The van der Waals surface area contributed by atoms with E-state index in [1.54, 1.807) is 6.92 Å². The van der Waals surface area contributed by atoms with E-state index in [0.29, 0.717) is 23.6 Å². The summed E-state index contributed by atoms with van der Waals surface area (Å²) in [6.07, 6.45) is 0. The van der Waals surface area contributed by atoms with Crippen LogP contribution in [0, 0.1) is 18.6 Å². The van der Waals surface area contributed by atoms with Gasteiger partial charge in [0.25, 0.3) is 0 Å².